The summed E-state index contributed by atoms with van der Waals surface area (Å²) in [6.45, 7) is -0.296. The molecule has 2 rings (SSSR count). The Hall–Kier alpha value is -2.08. The van der Waals surface area contributed by atoms with Crippen molar-refractivity contribution in [2.45, 2.75) is 6.54 Å². The minimum absolute atomic E-state index is 0.0283. The van der Waals surface area contributed by atoms with Crippen LogP contribution in [0.15, 0.2) is 27.8 Å². The molecule has 1 heterocycles. The summed E-state index contributed by atoms with van der Waals surface area (Å²) in [6, 6.07) is 5.07. The molecule has 0 aliphatic heterocycles. The molecule has 1 N–H and O–H groups in total. The zero-order valence-corrected chi connectivity index (χ0v) is 10.2. The van der Waals surface area contributed by atoms with E-state index in [4.69, 9.17) is 9.84 Å². The topological polar surface area (TPSA) is 73.5 Å². The number of aliphatic hydroxyl groups is 1. The molecule has 0 bridgehead atoms. The van der Waals surface area contributed by atoms with E-state index in [1.807, 2.05) is 0 Å². The number of hydrogen-bond donors (Lipinski definition) is 1. The van der Waals surface area contributed by atoms with E-state index in [9.17, 15) is 9.59 Å². The van der Waals surface area contributed by atoms with Crippen LogP contribution in [0.2, 0.25) is 0 Å². The van der Waals surface area contributed by atoms with Gasteiger partial charge in [-0.25, -0.2) is 4.79 Å². The van der Waals surface area contributed by atoms with Crippen molar-refractivity contribution in [1.29, 1.82) is 0 Å². The van der Waals surface area contributed by atoms with Crippen LogP contribution < -0.4 is 16.0 Å². The SMILES string of the molecule is COc1cccc2c1c(=O)n(CCO)c(=O)n2C. The van der Waals surface area contributed by atoms with E-state index in [2.05, 4.69) is 0 Å². The second-order valence-electron chi connectivity index (χ2n) is 3.88. The molecule has 0 fully saturated rings. The fourth-order valence-electron chi connectivity index (χ4n) is 1.99. The van der Waals surface area contributed by atoms with Crippen LogP contribution in [0.4, 0.5) is 0 Å². The smallest absolute Gasteiger partial charge is 0.331 e. The van der Waals surface area contributed by atoms with E-state index in [1.54, 1.807) is 25.2 Å². The van der Waals surface area contributed by atoms with Crippen LogP contribution in [-0.2, 0) is 13.6 Å². The van der Waals surface area contributed by atoms with E-state index < -0.39 is 11.2 Å². The first-order valence-electron chi connectivity index (χ1n) is 5.49. The number of benzene rings is 1. The molecule has 6 heteroatoms. The number of rotatable bonds is 3. The van der Waals surface area contributed by atoms with Gasteiger partial charge >= 0.3 is 5.69 Å². The van der Waals surface area contributed by atoms with Crippen molar-refractivity contribution in [3.8, 4) is 5.75 Å². The Kier molecular flexibility index (Phi) is 3.20. The van der Waals surface area contributed by atoms with Gasteiger partial charge in [0.2, 0.25) is 0 Å². The van der Waals surface area contributed by atoms with Crippen LogP contribution in [0.25, 0.3) is 10.9 Å². The van der Waals surface area contributed by atoms with Crippen molar-refractivity contribution in [3.63, 3.8) is 0 Å². The highest BCUT2D eigenvalue weighted by molar-refractivity contribution is 5.84. The van der Waals surface area contributed by atoms with Gasteiger partial charge in [-0.3, -0.25) is 13.9 Å². The van der Waals surface area contributed by atoms with Gasteiger partial charge in [-0.2, -0.15) is 0 Å². The molecule has 0 unspecified atom stereocenters. The van der Waals surface area contributed by atoms with Gasteiger partial charge < -0.3 is 9.84 Å². The molecule has 18 heavy (non-hydrogen) atoms. The summed E-state index contributed by atoms with van der Waals surface area (Å²) in [5, 5.41) is 9.26. The molecule has 0 atom stereocenters. The summed E-state index contributed by atoms with van der Waals surface area (Å²) in [7, 11) is 3.05. The summed E-state index contributed by atoms with van der Waals surface area (Å²) >= 11 is 0. The minimum atomic E-state index is -0.449. The molecule has 1 aromatic carbocycles. The second kappa shape index (κ2) is 4.66. The van der Waals surface area contributed by atoms with E-state index in [-0.39, 0.29) is 13.2 Å². The van der Waals surface area contributed by atoms with E-state index in [0.29, 0.717) is 16.7 Å². The number of aromatic nitrogens is 2. The highest BCUT2D eigenvalue weighted by Gasteiger charge is 2.13. The third kappa shape index (κ3) is 1.70. The zero-order chi connectivity index (χ0) is 13.3. The van der Waals surface area contributed by atoms with Crippen molar-refractivity contribution >= 4 is 10.9 Å². The zero-order valence-electron chi connectivity index (χ0n) is 10.2. The largest absolute Gasteiger partial charge is 0.496 e. The highest BCUT2D eigenvalue weighted by atomic mass is 16.5. The maximum Gasteiger partial charge on any atom is 0.331 e. The standard InChI is InChI=1S/C12H14N2O4/c1-13-8-4-3-5-9(18-2)10(8)11(16)14(6-7-15)12(13)17/h3-5,15H,6-7H2,1-2H3. The number of ether oxygens (including phenoxy) is 1. The highest BCUT2D eigenvalue weighted by Crippen LogP contribution is 2.20. The number of methoxy groups -OCH3 is 1. The Balaban J connectivity index is 2.99. The minimum Gasteiger partial charge on any atom is -0.496 e. The van der Waals surface area contributed by atoms with Gasteiger partial charge in [0.1, 0.15) is 11.1 Å². The molecule has 0 radical (unpaired) electrons. The first-order valence-corrected chi connectivity index (χ1v) is 5.49. The van der Waals surface area contributed by atoms with Gasteiger partial charge in [-0.1, -0.05) is 6.07 Å². The van der Waals surface area contributed by atoms with E-state index >= 15 is 0 Å². The second-order valence-corrected chi connectivity index (χ2v) is 3.88. The molecule has 0 aliphatic rings. The Morgan fingerprint density at radius 1 is 1.33 bits per heavy atom. The van der Waals surface area contributed by atoms with Gasteiger partial charge in [-0.05, 0) is 12.1 Å². The fraction of sp³-hybridized carbons (Fsp3) is 0.333. The predicted octanol–water partition coefficient (Wildman–Crippen LogP) is -0.299. The number of aliphatic hydroxyl groups excluding tert-OH is 1. The molecule has 96 valence electrons. The summed E-state index contributed by atoms with van der Waals surface area (Å²) in [6.07, 6.45) is 0. The van der Waals surface area contributed by atoms with Crippen molar-refractivity contribution in [2.75, 3.05) is 13.7 Å². The summed E-state index contributed by atoms with van der Waals surface area (Å²) in [4.78, 5) is 24.2. The van der Waals surface area contributed by atoms with Gasteiger partial charge in [0, 0.05) is 7.05 Å². The molecular weight excluding hydrogens is 236 g/mol. The van der Waals surface area contributed by atoms with Gasteiger partial charge in [0.25, 0.3) is 5.56 Å². The Labute approximate surface area is 103 Å². The molecule has 2 aromatic rings. The number of nitrogens with zero attached hydrogens (tertiary/aromatic N) is 2. The monoisotopic (exact) mass is 250 g/mol. The van der Waals surface area contributed by atoms with Gasteiger partial charge in [-0.15, -0.1) is 0 Å². The van der Waals surface area contributed by atoms with Crippen LogP contribution >= 0.6 is 0 Å². The summed E-state index contributed by atoms with van der Waals surface area (Å²) in [5.41, 5.74) is -0.382. The van der Waals surface area contributed by atoms with E-state index in [0.717, 1.165) is 4.57 Å². The lowest BCUT2D eigenvalue weighted by molar-refractivity contribution is 0.271. The van der Waals surface area contributed by atoms with Crippen LogP contribution in [-0.4, -0.2) is 28.0 Å². The molecule has 0 saturated carbocycles. The lowest BCUT2D eigenvalue weighted by Crippen LogP contribution is -2.39. The van der Waals surface area contributed by atoms with E-state index in [1.165, 1.54) is 11.7 Å². The van der Waals surface area contributed by atoms with Crippen molar-refractivity contribution < 1.29 is 9.84 Å². The predicted molar refractivity (Wildman–Crippen MR) is 67.1 cm³/mol. The Bertz CT molecular complexity index is 700. The average molecular weight is 250 g/mol. The molecule has 0 saturated heterocycles. The number of fused-ring (bicyclic) bond motifs is 1. The molecular formula is C12H14N2O4. The Morgan fingerprint density at radius 2 is 2.06 bits per heavy atom. The Morgan fingerprint density at radius 3 is 2.67 bits per heavy atom. The number of aryl methyl sites for hydroxylation is 1. The first kappa shape index (κ1) is 12.4. The molecule has 0 amide bonds. The number of hydrogen-bond acceptors (Lipinski definition) is 4. The quantitative estimate of drug-likeness (QED) is 0.811. The van der Waals surface area contributed by atoms with Crippen molar-refractivity contribution in [2.24, 2.45) is 7.05 Å². The molecule has 0 aliphatic carbocycles. The average Bonchev–Trinajstić information content (AvgIpc) is 2.40. The molecule has 1 aromatic heterocycles. The van der Waals surface area contributed by atoms with Crippen LogP contribution in [0.1, 0.15) is 0 Å². The normalized spacial score (nSPS) is 10.8. The summed E-state index contributed by atoms with van der Waals surface area (Å²) in [5.74, 6) is 0.416. The van der Waals surface area contributed by atoms with Crippen molar-refractivity contribution in [1.82, 2.24) is 9.13 Å². The van der Waals surface area contributed by atoms with Gasteiger partial charge in [0.15, 0.2) is 0 Å². The summed E-state index contributed by atoms with van der Waals surface area (Å²) < 4.78 is 7.52. The van der Waals surface area contributed by atoms with Crippen LogP contribution in [0, 0.1) is 0 Å². The maximum atomic E-state index is 12.2. The van der Waals surface area contributed by atoms with Crippen LogP contribution in [0.5, 0.6) is 5.75 Å². The maximum absolute atomic E-state index is 12.2. The lowest BCUT2D eigenvalue weighted by Gasteiger charge is -2.11. The lowest BCUT2D eigenvalue weighted by atomic mass is 10.2. The third-order valence-corrected chi connectivity index (χ3v) is 2.89. The molecule has 6 nitrogen and oxygen atoms in total. The van der Waals surface area contributed by atoms with Crippen LogP contribution in [0.3, 0.4) is 0 Å². The first-order chi connectivity index (χ1) is 8.61. The van der Waals surface area contributed by atoms with Crippen molar-refractivity contribution in [3.05, 3.63) is 39.0 Å². The fourth-order valence-corrected chi connectivity index (χ4v) is 1.99. The van der Waals surface area contributed by atoms with Gasteiger partial charge in [0.05, 0.1) is 25.8 Å². The molecule has 0 spiro atoms. The third-order valence-electron chi connectivity index (χ3n) is 2.89.